The van der Waals surface area contributed by atoms with Crippen LogP contribution in [0, 0.1) is 0 Å². The molecule has 18 heavy (non-hydrogen) atoms. The second-order valence-corrected chi connectivity index (χ2v) is 5.08. The Morgan fingerprint density at radius 1 is 1.06 bits per heavy atom. The van der Waals surface area contributed by atoms with Crippen LogP contribution in [0.1, 0.15) is 25.0 Å². The van der Waals surface area contributed by atoms with Gasteiger partial charge in [-0.3, -0.25) is 0 Å². The number of nitrogens with two attached hydrogens (primary N) is 1. The van der Waals surface area contributed by atoms with Gasteiger partial charge in [-0.1, -0.05) is 0 Å². The van der Waals surface area contributed by atoms with Gasteiger partial charge in [0.15, 0.2) is 0 Å². The molecule has 102 valence electrons. The fraction of sp³-hybridized carbons (Fsp3) is 0.571. The van der Waals surface area contributed by atoms with Crippen molar-refractivity contribution in [2.75, 3.05) is 21.3 Å². The molecule has 0 atom stereocenters. The Bertz CT molecular complexity index is 372. The molecule has 0 aromatic heterocycles. The van der Waals surface area contributed by atoms with Crippen molar-refractivity contribution in [2.45, 2.75) is 32.4 Å². The molecule has 0 aliphatic rings. The molecule has 1 aromatic rings. The monoisotopic (exact) mass is 253 g/mol. The van der Waals surface area contributed by atoms with E-state index >= 15 is 0 Å². The van der Waals surface area contributed by atoms with Gasteiger partial charge in [-0.2, -0.15) is 0 Å². The number of benzene rings is 1. The summed E-state index contributed by atoms with van der Waals surface area (Å²) in [6.45, 7) is 4.45. The zero-order valence-corrected chi connectivity index (χ0v) is 11.9. The normalized spacial score (nSPS) is 11.4. The number of hydrogen-bond donors (Lipinski definition) is 1. The topological polar surface area (TPSA) is 53.7 Å². The molecule has 0 fully saturated rings. The van der Waals surface area contributed by atoms with E-state index in [0.29, 0.717) is 6.61 Å². The smallest absolute Gasteiger partial charge is 0.128 e. The van der Waals surface area contributed by atoms with Crippen LogP contribution in [0.15, 0.2) is 12.1 Å². The lowest BCUT2D eigenvalue weighted by Crippen LogP contribution is -2.34. The van der Waals surface area contributed by atoms with Gasteiger partial charge in [0.05, 0.1) is 26.4 Å². The Morgan fingerprint density at radius 2 is 1.56 bits per heavy atom. The molecule has 0 amide bonds. The zero-order valence-electron chi connectivity index (χ0n) is 11.9. The van der Waals surface area contributed by atoms with Crippen LogP contribution in [0.3, 0.4) is 0 Å². The summed E-state index contributed by atoms with van der Waals surface area (Å²) in [6, 6.07) is 3.98. The highest BCUT2D eigenvalue weighted by atomic mass is 16.5. The van der Waals surface area contributed by atoms with E-state index in [4.69, 9.17) is 19.9 Å². The van der Waals surface area contributed by atoms with Gasteiger partial charge in [0.2, 0.25) is 0 Å². The lowest BCUT2D eigenvalue weighted by atomic mass is 9.95. The third kappa shape index (κ3) is 3.89. The fourth-order valence-corrected chi connectivity index (χ4v) is 1.95. The molecule has 0 bridgehead atoms. The van der Waals surface area contributed by atoms with E-state index in [0.717, 1.165) is 29.0 Å². The second kappa shape index (κ2) is 6.07. The average Bonchev–Trinajstić information content (AvgIpc) is 2.28. The van der Waals surface area contributed by atoms with Crippen molar-refractivity contribution in [3.8, 4) is 11.5 Å². The molecule has 1 aromatic carbocycles. The maximum absolute atomic E-state index is 6.04. The predicted molar refractivity (Wildman–Crippen MR) is 72.2 cm³/mol. The molecular formula is C14H23NO3. The summed E-state index contributed by atoms with van der Waals surface area (Å²) in [6.07, 6.45) is 0.757. The fourth-order valence-electron chi connectivity index (χ4n) is 1.95. The van der Waals surface area contributed by atoms with Crippen LogP contribution in [-0.2, 0) is 17.8 Å². The van der Waals surface area contributed by atoms with Crippen LogP contribution in [0.4, 0.5) is 0 Å². The van der Waals surface area contributed by atoms with Gasteiger partial charge in [0.1, 0.15) is 11.5 Å². The maximum atomic E-state index is 6.04. The van der Waals surface area contributed by atoms with Crippen LogP contribution in [0.2, 0.25) is 0 Å². The van der Waals surface area contributed by atoms with Gasteiger partial charge in [0, 0.05) is 12.6 Å². The minimum absolute atomic E-state index is 0.265. The molecule has 0 heterocycles. The Balaban J connectivity index is 3.17. The molecule has 0 aliphatic heterocycles. The predicted octanol–water partition coefficient (Wildman–Crippen LogP) is 2.13. The van der Waals surface area contributed by atoms with E-state index in [2.05, 4.69) is 0 Å². The second-order valence-electron chi connectivity index (χ2n) is 5.08. The van der Waals surface area contributed by atoms with Crippen LogP contribution >= 0.6 is 0 Å². The highest BCUT2D eigenvalue weighted by Crippen LogP contribution is 2.32. The molecule has 0 aliphatic carbocycles. The lowest BCUT2D eigenvalue weighted by Gasteiger charge is -2.21. The third-order valence-electron chi connectivity index (χ3n) is 2.62. The van der Waals surface area contributed by atoms with Crippen molar-refractivity contribution in [1.82, 2.24) is 0 Å². The lowest BCUT2D eigenvalue weighted by molar-refractivity contribution is 0.178. The molecule has 1 rings (SSSR count). The first-order valence-electron chi connectivity index (χ1n) is 5.93. The first-order valence-corrected chi connectivity index (χ1v) is 5.93. The zero-order chi connectivity index (χ0) is 13.8. The molecule has 4 heteroatoms. The Labute approximate surface area is 109 Å². The van der Waals surface area contributed by atoms with Gasteiger partial charge in [-0.15, -0.1) is 0 Å². The Morgan fingerprint density at radius 3 is 1.89 bits per heavy atom. The molecule has 0 saturated heterocycles. The third-order valence-corrected chi connectivity index (χ3v) is 2.62. The van der Waals surface area contributed by atoms with Crippen LogP contribution in [0.5, 0.6) is 11.5 Å². The van der Waals surface area contributed by atoms with Crippen molar-refractivity contribution in [1.29, 1.82) is 0 Å². The molecule has 4 nitrogen and oxygen atoms in total. The van der Waals surface area contributed by atoms with E-state index < -0.39 is 0 Å². The van der Waals surface area contributed by atoms with Crippen molar-refractivity contribution in [3.63, 3.8) is 0 Å². The Kier molecular flexibility index (Phi) is 4.99. The van der Waals surface area contributed by atoms with Gasteiger partial charge in [-0.25, -0.2) is 0 Å². The molecule has 0 saturated carbocycles. The van der Waals surface area contributed by atoms with Crippen molar-refractivity contribution in [2.24, 2.45) is 5.73 Å². The summed E-state index contributed by atoms with van der Waals surface area (Å²) in [5.41, 5.74) is 7.79. The summed E-state index contributed by atoms with van der Waals surface area (Å²) in [5.74, 6) is 1.55. The molecular weight excluding hydrogens is 230 g/mol. The number of ether oxygens (including phenoxy) is 3. The molecule has 2 N–H and O–H groups in total. The number of rotatable bonds is 6. The molecule has 0 spiro atoms. The van der Waals surface area contributed by atoms with E-state index in [1.165, 1.54) is 0 Å². The van der Waals surface area contributed by atoms with E-state index in [1.807, 2.05) is 26.0 Å². The van der Waals surface area contributed by atoms with Crippen LogP contribution in [-0.4, -0.2) is 26.9 Å². The van der Waals surface area contributed by atoms with Gasteiger partial charge >= 0.3 is 0 Å². The van der Waals surface area contributed by atoms with Crippen molar-refractivity contribution in [3.05, 3.63) is 23.3 Å². The highest BCUT2D eigenvalue weighted by Gasteiger charge is 2.17. The largest absolute Gasteiger partial charge is 0.496 e. The molecule has 0 radical (unpaired) electrons. The van der Waals surface area contributed by atoms with E-state index in [9.17, 15) is 0 Å². The van der Waals surface area contributed by atoms with Crippen molar-refractivity contribution < 1.29 is 14.2 Å². The minimum atomic E-state index is -0.265. The highest BCUT2D eigenvalue weighted by molar-refractivity contribution is 5.48. The van der Waals surface area contributed by atoms with E-state index in [-0.39, 0.29) is 5.54 Å². The van der Waals surface area contributed by atoms with Crippen LogP contribution < -0.4 is 15.2 Å². The first kappa shape index (κ1) is 14.8. The summed E-state index contributed by atoms with van der Waals surface area (Å²) in [7, 11) is 4.94. The van der Waals surface area contributed by atoms with Gasteiger partial charge in [0.25, 0.3) is 0 Å². The van der Waals surface area contributed by atoms with Gasteiger partial charge < -0.3 is 19.9 Å². The summed E-state index contributed by atoms with van der Waals surface area (Å²) in [4.78, 5) is 0. The van der Waals surface area contributed by atoms with Crippen LogP contribution in [0.25, 0.3) is 0 Å². The SMILES string of the molecule is COCc1c(OC)cc(CC(C)(C)N)cc1OC. The average molecular weight is 253 g/mol. The van der Waals surface area contributed by atoms with Gasteiger partial charge in [-0.05, 0) is 38.0 Å². The maximum Gasteiger partial charge on any atom is 0.128 e. The summed E-state index contributed by atoms with van der Waals surface area (Å²) >= 11 is 0. The quantitative estimate of drug-likeness (QED) is 0.844. The number of methoxy groups -OCH3 is 3. The minimum Gasteiger partial charge on any atom is -0.496 e. The van der Waals surface area contributed by atoms with Crippen molar-refractivity contribution >= 4 is 0 Å². The standard InChI is InChI=1S/C14H23NO3/c1-14(2,15)8-10-6-12(17-4)11(9-16-3)13(7-10)18-5/h6-7H,8-9,15H2,1-5H3. The van der Waals surface area contributed by atoms with E-state index in [1.54, 1.807) is 21.3 Å². The number of hydrogen-bond acceptors (Lipinski definition) is 4. The molecule has 0 unspecified atom stereocenters. The first-order chi connectivity index (χ1) is 8.41. The Hall–Kier alpha value is -1.26. The summed E-state index contributed by atoms with van der Waals surface area (Å²) < 4.78 is 16.0. The summed E-state index contributed by atoms with van der Waals surface area (Å²) in [5, 5.41) is 0.